The Bertz CT molecular complexity index is 1050. The summed E-state index contributed by atoms with van der Waals surface area (Å²) in [5, 5.41) is 0. The van der Waals surface area contributed by atoms with Gasteiger partial charge in [0.1, 0.15) is 12.4 Å². The van der Waals surface area contributed by atoms with Crippen molar-refractivity contribution in [2.75, 3.05) is 18.1 Å². The summed E-state index contributed by atoms with van der Waals surface area (Å²) >= 11 is 0. The number of benzene rings is 2. The smallest absolute Gasteiger partial charge is 0.331 e. The second kappa shape index (κ2) is 15.6. The maximum atomic E-state index is 12.6. The van der Waals surface area contributed by atoms with E-state index in [-0.39, 0.29) is 24.6 Å². The van der Waals surface area contributed by atoms with Crippen LogP contribution in [-0.2, 0) is 25.7 Å². The van der Waals surface area contributed by atoms with Crippen LogP contribution in [0, 0.1) is 5.92 Å². The first-order valence-corrected chi connectivity index (χ1v) is 13.5. The molecule has 0 aromatic heterocycles. The lowest BCUT2D eigenvalue weighted by molar-refractivity contribution is -0.141. The molecule has 0 bridgehead atoms. The number of hydrogen-bond donors (Lipinski definition) is 2. The molecule has 1 aliphatic rings. The van der Waals surface area contributed by atoms with E-state index in [2.05, 4.69) is 6.58 Å². The van der Waals surface area contributed by atoms with Gasteiger partial charge < -0.3 is 25.7 Å². The molecule has 0 radical (unpaired) electrons. The van der Waals surface area contributed by atoms with E-state index in [0.29, 0.717) is 17.1 Å². The Kier molecular flexibility index (Phi) is 11.9. The Labute approximate surface area is 225 Å². The van der Waals surface area contributed by atoms with Crippen molar-refractivity contribution in [2.24, 2.45) is 5.92 Å². The molecular formula is C31H40N2O5. The topological polar surface area (TPSA) is 114 Å². The zero-order valence-corrected chi connectivity index (χ0v) is 22.1. The van der Waals surface area contributed by atoms with Crippen LogP contribution in [-0.4, -0.2) is 24.6 Å². The SMILES string of the molecule is C=CCCCCCCOC1CCC(C(=O)Oc2ccc(C=CC(=O)OCc3cc(N)cc(N)c3)cc2)CC1. The molecule has 7 nitrogen and oxygen atoms in total. The monoisotopic (exact) mass is 520 g/mol. The summed E-state index contributed by atoms with van der Waals surface area (Å²) in [5.74, 6) is -0.286. The van der Waals surface area contributed by atoms with Crippen molar-refractivity contribution in [3.8, 4) is 5.75 Å². The van der Waals surface area contributed by atoms with Crippen LogP contribution in [0.3, 0.4) is 0 Å². The average Bonchev–Trinajstić information content (AvgIpc) is 2.91. The van der Waals surface area contributed by atoms with Crippen LogP contribution in [0.1, 0.15) is 68.9 Å². The first-order valence-electron chi connectivity index (χ1n) is 13.5. The summed E-state index contributed by atoms with van der Waals surface area (Å²) in [4.78, 5) is 24.7. The van der Waals surface area contributed by atoms with Crippen molar-refractivity contribution >= 4 is 29.4 Å². The highest BCUT2D eigenvalue weighted by atomic mass is 16.5. The summed E-state index contributed by atoms with van der Waals surface area (Å²) in [7, 11) is 0. The van der Waals surface area contributed by atoms with Gasteiger partial charge in [-0.1, -0.05) is 31.1 Å². The number of nitrogens with two attached hydrogens (primary N) is 2. The minimum Gasteiger partial charge on any atom is -0.458 e. The van der Waals surface area contributed by atoms with Gasteiger partial charge in [-0.15, -0.1) is 6.58 Å². The van der Waals surface area contributed by atoms with Gasteiger partial charge in [-0.25, -0.2) is 4.79 Å². The van der Waals surface area contributed by atoms with Gasteiger partial charge in [-0.2, -0.15) is 0 Å². The number of unbranched alkanes of at least 4 members (excludes halogenated alkanes) is 4. The second-order valence-corrected chi connectivity index (χ2v) is 9.78. The largest absolute Gasteiger partial charge is 0.458 e. The molecule has 204 valence electrons. The van der Waals surface area contributed by atoms with E-state index in [1.54, 1.807) is 48.5 Å². The van der Waals surface area contributed by atoms with Gasteiger partial charge in [0.25, 0.3) is 0 Å². The summed E-state index contributed by atoms with van der Waals surface area (Å²) in [6.45, 7) is 4.63. The number of ether oxygens (including phenoxy) is 3. The van der Waals surface area contributed by atoms with Gasteiger partial charge >= 0.3 is 11.9 Å². The van der Waals surface area contributed by atoms with Crippen LogP contribution in [0.4, 0.5) is 11.4 Å². The third kappa shape index (κ3) is 10.4. The number of rotatable bonds is 14. The highest BCUT2D eigenvalue weighted by Gasteiger charge is 2.28. The van der Waals surface area contributed by atoms with E-state index in [4.69, 9.17) is 25.7 Å². The van der Waals surface area contributed by atoms with E-state index >= 15 is 0 Å². The zero-order valence-electron chi connectivity index (χ0n) is 22.1. The molecule has 3 rings (SSSR count). The van der Waals surface area contributed by atoms with E-state index in [1.807, 2.05) is 6.08 Å². The van der Waals surface area contributed by atoms with E-state index in [1.165, 1.54) is 25.3 Å². The van der Waals surface area contributed by atoms with Gasteiger partial charge in [-0.3, -0.25) is 4.79 Å². The molecule has 0 aliphatic heterocycles. The molecular weight excluding hydrogens is 480 g/mol. The molecule has 0 saturated heterocycles. The fourth-order valence-corrected chi connectivity index (χ4v) is 4.50. The minimum atomic E-state index is -0.482. The van der Waals surface area contributed by atoms with Gasteiger partial charge in [0, 0.05) is 24.1 Å². The average molecular weight is 521 g/mol. The quantitative estimate of drug-likeness (QED) is 0.0758. The molecule has 0 atom stereocenters. The Hall–Kier alpha value is -3.58. The van der Waals surface area contributed by atoms with E-state index in [0.717, 1.165) is 56.3 Å². The van der Waals surface area contributed by atoms with Crippen molar-refractivity contribution in [1.82, 2.24) is 0 Å². The predicted octanol–water partition coefficient (Wildman–Crippen LogP) is 6.22. The summed E-state index contributed by atoms with van der Waals surface area (Å²) in [6.07, 6.45) is 14.3. The molecule has 2 aromatic rings. The number of nitrogen functional groups attached to an aromatic ring is 2. The zero-order chi connectivity index (χ0) is 27.2. The minimum absolute atomic E-state index is 0.0811. The Balaban J connectivity index is 1.34. The van der Waals surface area contributed by atoms with Crippen molar-refractivity contribution in [1.29, 1.82) is 0 Å². The highest BCUT2D eigenvalue weighted by molar-refractivity contribution is 5.87. The molecule has 0 heterocycles. The number of anilines is 2. The first-order chi connectivity index (χ1) is 18.4. The number of esters is 2. The van der Waals surface area contributed by atoms with Crippen LogP contribution in [0.25, 0.3) is 6.08 Å². The first kappa shape index (κ1) is 29.0. The number of allylic oxidation sites excluding steroid dienone is 1. The fourth-order valence-electron chi connectivity index (χ4n) is 4.50. The Morgan fingerprint density at radius 1 is 0.921 bits per heavy atom. The third-order valence-corrected chi connectivity index (χ3v) is 6.59. The molecule has 38 heavy (non-hydrogen) atoms. The fraction of sp³-hybridized carbons (Fsp3) is 0.419. The van der Waals surface area contributed by atoms with Gasteiger partial charge in [0.2, 0.25) is 0 Å². The lowest BCUT2D eigenvalue weighted by Crippen LogP contribution is -2.29. The van der Waals surface area contributed by atoms with Crippen LogP contribution in [0.5, 0.6) is 5.75 Å². The third-order valence-electron chi connectivity index (χ3n) is 6.59. The lowest BCUT2D eigenvalue weighted by Gasteiger charge is -2.27. The lowest BCUT2D eigenvalue weighted by atomic mass is 9.87. The second-order valence-electron chi connectivity index (χ2n) is 9.78. The van der Waals surface area contributed by atoms with Gasteiger partial charge in [0.15, 0.2) is 0 Å². The van der Waals surface area contributed by atoms with Gasteiger partial charge in [-0.05, 0) is 92.5 Å². The van der Waals surface area contributed by atoms with Gasteiger partial charge in [0.05, 0.1) is 12.0 Å². The van der Waals surface area contributed by atoms with Crippen molar-refractivity contribution < 1.29 is 23.8 Å². The standard InChI is InChI=1S/C31H40N2O5/c1-2-3-4-5-6-7-18-36-28-15-11-25(12-16-28)31(35)38-29-13-8-23(9-14-29)10-17-30(34)37-22-24-19-26(32)21-27(33)20-24/h2,8-10,13-14,17,19-21,25,28H,1,3-7,11-12,15-16,18,22,32-33H2. The summed E-state index contributed by atoms with van der Waals surface area (Å²) in [6, 6.07) is 12.1. The maximum absolute atomic E-state index is 12.6. The van der Waals surface area contributed by atoms with Crippen molar-refractivity contribution in [2.45, 2.75) is 70.5 Å². The Morgan fingerprint density at radius 2 is 1.61 bits per heavy atom. The van der Waals surface area contributed by atoms with Crippen LogP contribution in [0.2, 0.25) is 0 Å². The van der Waals surface area contributed by atoms with E-state index < -0.39 is 5.97 Å². The molecule has 2 aromatic carbocycles. The van der Waals surface area contributed by atoms with Crippen LogP contribution >= 0.6 is 0 Å². The Morgan fingerprint density at radius 3 is 2.29 bits per heavy atom. The summed E-state index contributed by atoms with van der Waals surface area (Å²) in [5.41, 5.74) is 14.1. The number of carbonyl (C=O) groups is 2. The summed E-state index contributed by atoms with van der Waals surface area (Å²) < 4.78 is 16.9. The predicted molar refractivity (Wildman–Crippen MR) is 151 cm³/mol. The van der Waals surface area contributed by atoms with Crippen molar-refractivity contribution in [3.05, 3.63) is 72.3 Å². The number of hydrogen-bond acceptors (Lipinski definition) is 7. The molecule has 7 heteroatoms. The van der Waals surface area contributed by atoms with Crippen LogP contribution in [0.15, 0.2) is 61.2 Å². The number of carbonyl (C=O) groups excluding carboxylic acids is 2. The molecule has 1 saturated carbocycles. The molecule has 0 amide bonds. The highest BCUT2D eigenvalue weighted by Crippen LogP contribution is 2.28. The normalized spacial score (nSPS) is 17.3. The molecule has 1 aliphatic carbocycles. The molecule has 0 unspecified atom stereocenters. The van der Waals surface area contributed by atoms with Crippen LogP contribution < -0.4 is 16.2 Å². The molecule has 1 fully saturated rings. The maximum Gasteiger partial charge on any atom is 0.331 e. The van der Waals surface area contributed by atoms with Crippen molar-refractivity contribution in [3.63, 3.8) is 0 Å². The van der Waals surface area contributed by atoms with E-state index in [9.17, 15) is 9.59 Å². The molecule has 0 spiro atoms. The molecule has 4 N–H and O–H groups in total.